The van der Waals surface area contributed by atoms with E-state index in [0.29, 0.717) is 31.1 Å². The highest BCUT2D eigenvalue weighted by atomic mass is 16.8. The van der Waals surface area contributed by atoms with Gasteiger partial charge in [-0.3, -0.25) is 0 Å². The van der Waals surface area contributed by atoms with Gasteiger partial charge in [0, 0.05) is 11.5 Å². The Morgan fingerprint density at radius 2 is 1.79 bits per heavy atom. The van der Waals surface area contributed by atoms with Crippen molar-refractivity contribution in [1.82, 2.24) is 4.90 Å². The van der Waals surface area contributed by atoms with Crippen LogP contribution in [0.15, 0.2) is 36.4 Å². The molecule has 2 saturated heterocycles. The number of piperidine rings is 1. The smallest absolute Gasteiger partial charge is 0.228 e. The Kier molecular flexibility index (Phi) is 3.52. The SMILES string of the molecule is [C-]#[N+]c1ccc2c3c1OC1C4(OCCO4)C4(Cc5ccccc5C4)CC4(O)[C@@H](C2)N(C)CC[C@]314. The van der Waals surface area contributed by atoms with E-state index in [1.54, 1.807) is 0 Å². The number of hydrogen-bond donors (Lipinski definition) is 1. The van der Waals surface area contributed by atoms with E-state index in [2.05, 4.69) is 47.1 Å². The molecule has 34 heavy (non-hydrogen) atoms. The molecule has 1 N–H and O–H groups in total. The number of ether oxygens (including phenoxy) is 3. The van der Waals surface area contributed by atoms with Crippen LogP contribution in [0.1, 0.15) is 35.1 Å². The first kappa shape index (κ1) is 19.8. The average Bonchev–Trinajstić information content (AvgIpc) is 3.53. The minimum absolute atomic E-state index is 0.0102. The number of fused-ring (bicyclic) bond motifs is 3. The third-order valence-corrected chi connectivity index (χ3v) is 10.2. The van der Waals surface area contributed by atoms with Crippen LogP contribution < -0.4 is 4.74 Å². The third kappa shape index (κ3) is 1.90. The molecule has 8 rings (SSSR count). The van der Waals surface area contributed by atoms with Crippen molar-refractivity contribution in [3.05, 3.63) is 70.1 Å². The number of likely N-dealkylation sites (N-methyl/N-ethyl adjacent to an activating group) is 1. The topological polar surface area (TPSA) is 55.5 Å². The molecule has 3 heterocycles. The van der Waals surface area contributed by atoms with Crippen LogP contribution >= 0.6 is 0 Å². The Morgan fingerprint density at radius 1 is 1.06 bits per heavy atom. The lowest BCUT2D eigenvalue weighted by atomic mass is 9.43. The van der Waals surface area contributed by atoms with Crippen molar-refractivity contribution in [2.45, 2.75) is 61.1 Å². The summed E-state index contributed by atoms with van der Waals surface area (Å²) in [5.41, 5.74) is 3.35. The summed E-state index contributed by atoms with van der Waals surface area (Å²) >= 11 is 0. The van der Waals surface area contributed by atoms with Crippen molar-refractivity contribution in [1.29, 1.82) is 0 Å². The molecule has 3 fully saturated rings. The first-order chi connectivity index (χ1) is 16.5. The fourth-order valence-electron chi connectivity index (χ4n) is 8.99. The predicted molar refractivity (Wildman–Crippen MR) is 124 cm³/mol. The summed E-state index contributed by atoms with van der Waals surface area (Å²) in [4.78, 5) is 6.16. The van der Waals surface area contributed by atoms with Gasteiger partial charge in [-0.2, -0.15) is 0 Å². The first-order valence-corrected chi connectivity index (χ1v) is 12.5. The van der Waals surface area contributed by atoms with Crippen molar-refractivity contribution in [3.63, 3.8) is 0 Å². The van der Waals surface area contributed by atoms with Gasteiger partial charge in [-0.15, -0.1) is 0 Å². The maximum atomic E-state index is 13.0. The summed E-state index contributed by atoms with van der Waals surface area (Å²) < 4.78 is 20.3. The number of likely N-dealkylation sites (tertiary alicyclic amines) is 1. The van der Waals surface area contributed by atoms with Crippen molar-refractivity contribution in [3.8, 4) is 5.75 Å². The largest absolute Gasteiger partial charge is 0.494 e. The van der Waals surface area contributed by atoms with Crippen LogP contribution in [0.25, 0.3) is 4.85 Å². The molecule has 4 atom stereocenters. The zero-order valence-electron chi connectivity index (χ0n) is 19.3. The number of nitrogens with zero attached hydrogens (tertiary/aromatic N) is 2. The molecule has 6 nitrogen and oxygen atoms in total. The molecule has 3 spiro atoms. The molecule has 0 radical (unpaired) electrons. The van der Waals surface area contributed by atoms with E-state index in [1.807, 2.05) is 6.07 Å². The fourth-order valence-corrected chi connectivity index (χ4v) is 8.99. The third-order valence-electron chi connectivity index (χ3n) is 10.2. The molecule has 0 aromatic heterocycles. The van der Waals surface area contributed by atoms with E-state index < -0.39 is 28.3 Å². The second kappa shape index (κ2) is 6.03. The minimum Gasteiger partial charge on any atom is -0.494 e. The summed E-state index contributed by atoms with van der Waals surface area (Å²) in [5, 5.41) is 13.0. The molecule has 174 valence electrons. The van der Waals surface area contributed by atoms with Crippen molar-refractivity contribution < 1.29 is 19.3 Å². The molecule has 2 aromatic rings. The Balaban J connectivity index is 1.43. The number of benzene rings is 2. The Hall–Kier alpha value is -2.43. The van der Waals surface area contributed by atoms with Gasteiger partial charge in [0.05, 0.1) is 30.8 Å². The highest BCUT2D eigenvalue weighted by Crippen LogP contribution is 2.73. The molecule has 1 saturated carbocycles. The second-order valence-corrected chi connectivity index (χ2v) is 11.3. The lowest BCUT2D eigenvalue weighted by molar-refractivity contribution is -0.351. The Labute approximate surface area is 199 Å². The van der Waals surface area contributed by atoms with Crippen molar-refractivity contribution in [2.75, 3.05) is 26.8 Å². The molecule has 2 aromatic carbocycles. The zero-order valence-corrected chi connectivity index (χ0v) is 19.3. The zero-order chi connectivity index (χ0) is 22.9. The van der Waals surface area contributed by atoms with E-state index in [1.165, 1.54) is 16.7 Å². The molecular formula is C28H28N2O4. The average molecular weight is 457 g/mol. The lowest BCUT2D eigenvalue weighted by Crippen LogP contribution is -2.83. The van der Waals surface area contributed by atoms with Crippen molar-refractivity contribution >= 4 is 5.69 Å². The second-order valence-electron chi connectivity index (χ2n) is 11.3. The van der Waals surface area contributed by atoms with E-state index in [0.717, 1.165) is 37.8 Å². The van der Waals surface area contributed by atoms with E-state index in [4.69, 9.17) is 20.8 Å². The quantitative estimate of drug-likeness (QED) is 0.618. The normalized spacial score (nSPS) is 37.3. The number of rotatable bonds is 0. The molecule has 2 unspecified atom stereocenters. The van der Waals surface area contributed by atoms with E-state index in [-0.39, 0.29) is 6.04 Å². The van der Waals surface area contributed by atoms with Crippen LogP contribution in [-0.4, -0.2) is 60.3 Å². The van der Waals surface area contributed by atoms with Gasteiger partial charge in [0.15, 0.2) is 6.10 Å². The standard InChI is InChI=1S/C28H28N2O4/c1-29-20-8-7-17-13-21-27(31)16-25(14-18-5-3-4-6-19(18)15-25)28(32-11-12-33-28)24-26(27,9-10-30(21)2)22(17)23(20)34-24/h3-8,21,24,31H,9-16H2,2H3/t21-,24?,26+,27?/m1/s1. The van der Waals surface area contributed by atoms with E-state index in [9.17, 15) is 5.11 Å². The molecule has 6 aliphatic rings. The van der Waals surface area contributed by atoms with Gasteiger partial charge in [-0.1, -0.05) is 36.4 Å². The first-order valence-electron chi connectivity index (χ1n) is 12.5. The molecule has 3 aliphatic heterocycles. The molecule has 3 aliphatic carbocycles. The van der Waals surface area contributed by atoms with Crippen LogP contribution in [-0.2, 0) is 34.2 Å². The molecular weight excluding hydrogens is 428 g/mol. The van der Waals surface area contributed by atoms with Gasteiger partial charge < -0.3 is 24.2 Å². The van der Waals surface area contributed by atoms with Gasteiger partial charge in [0.2, 0.25) is 11.5 Å². The fraction of sp³-hybridized carbons (Fsp3) is 0.536. The van der Waals surface area contributed by atoms with Gasteiger partial charge in [-0.05, 0) is 68.0 Å². The van der Waals surface area contributed by atoms with Crippen LogP contribution in [0.3, 0.4) is 0 Å². The Bertz CT molecular complexity index is 1270. The van der Waals surface area contributed by atoms with Gasteiger partial charge in [-0.25, -0.2) is 4.85 Å². The minimum atomic E-state index is -0.994. The van der Waals surface area contributed by atoms with Crippen LogP contribution in [0, 0.1) is 12.0 Å². The summed E-state index contributed by atoms with van der Waals surface area (Å²) in [7, 11) is 2.14. The van der Waals surface area contributed by atoms with E-state index >= 15 is 0 Å². The molecule has 6 heteroatoms. The van der Waals surface area contributed by atoms with Crippen molar-refractivity contribution in [2.24, 2.45) is 5.41 Å². The van der Waals surface area contributed by atoms with Gasteiger partial charge in [0.1, 0.15) is 5.75 Å². The summed E-state index contributed by atoms with van der Waals surface area (Å²) in [6, 6.07) is 12.6. The monoisotopic (exact) mass is 456 g/mol. The molecule has 2 bridgehead atoms. The highest BCUT2D eigenvalue weighted by Gasteiger charge is 2.83. The van der Waals surface area contributed by atoms with Gasteiger partial charge in [0.25, 0.3) is 0 Å². The van der Waals surface area contributed by atoms with Crippen LogP contribution in [0.2, 0.25) is 0 Å². The molecule has 0 amide bonds. The van der Waals surface area contributed by atoms with Gasteiger partial charge >= 0.3 is 0 Å². The summed E-state index contributed by atoms with van der Waals surface area (Å²) in [6.45, 7) is 9.75. The number of aliphatic hydroxyl groups is 1. The summed E-state index contributed by atoms with van der Waals surface area (Å²) in [5.74, 6) is -0.295. The lowest BCUT2D eigenvalue weighted by Gasteiger charge is -2.69. The Morgan fingerprint density at radius 3 is 2.50 bits per heavy atom. The highest BCUT2D eigenvalue weighted by molar-refractivity contribution is 5.71. The summed E-state index contributed by atoms with van der Waals surface area (Å²) in [6.07, 6.45) is 3.25. The number of hydrogen-bond acceptors (Lipinski definition) is 5. The van der Waals surface area contributed by atoms with Crippen LogP contribution in [0.5, 0.6) is 5.75 Å². The maximum Gasteiger partial charge on any atom is 0.228 e. The predicted octanol–water partition coefficient (Wildman–Crippen LogP) is 3.16. The van der Waals surface area contributed by atoms with Crippen LogP contribution in [0.4, 0.5) is 5.69 Å². The maximum absolute atomic E-state index is 13.0.